The van der Waals surface area contributed by atoms with Gasteiger partial charge in [-0.2, -0.15) is 0 Å². The monoisotopic (exact) mass is 240 g/mol. The Balaban J connectivity index is 3.47. The maximum Gasteiger partial charge on any atom is -0.0414 e. The van der Waals surface area contributed by atoms with Crippen LogP contribution in [0.4, 0.5) is 0 Å². The van der Waals surface area contributed by atoms with E-state index in [4.69, 9.17) is 0 Å². The molecule has 0 radical (unpaired) electrons. The van der Waals surface area contributed by atoms with Gasteiger partial charge in [0.15, 0.2) is 0 Å². The first-order valence-electron chi connectivity index (χ1n) is 8.10. The second-order valence-electron chi connectivity index (χ2n) is 6.44. The van der Waals surface area contributed by atoms with Gasteiger partial charge in [-0.15, -0.1) is 0 Å². The molecule has 0 bridgehead atoms. The van der Waals surface area contributed by atoms with Crippen LogP contribution in [0.15, 0.2) is 0 Å². The molecular formula is C17H36. The van der Waals surface area contributed by atoms with Crippen LogP contribution in [0.3, 0.4) is 0 Å². The van der Waals surface area contributed by atoms with Gasteiger partial charge in [-0.25, -0.2) is 0 Å². The van der Waals surface area contributed by atoms with Crippen molar-refractivity contribution < 1.29 is 0 Å². The fourth-order valence-corrected chi connectivity index (χ4v) is 2.78. The van der Waals surface area contributed by atoms with Gasteiger partial charge in [0, 0.05) is 0 Å². The summed E-state index contributed by atoms with van der Waals surface area (Å²) in [7, 11) is 0. The maximum absolute atomic E-state index is 2.43. The molecule has 0 aliphatic heterocycles. The van der Waals surface area contributed by atoms with Gasteiger partial charge < -0.3 is 0 Å². The van der Waals surface area contributed by atoms with Gasteiger partial charge in [0.2, 0.25) is 0 Å². The highest BCUT2D eigenvalue weighted by atomic mass is 14.1. The molecule has 0 saturated carbocycles. The first kappa shape index (κ1) is 17.0. The second-order valence-corrected chi connectivity index (χ2v) is 6.44. The zero-order valence-electron chi connectivity index (χ0n) is 13.1. The molecule has 0 saturated heterocycles. The van der Waals surface area contributed by atoms with Crippen LogP contribution in [0.1, 0.15) is 92.4 Å². The third-order valence-electron chi connectivity index (χ3n) is 3.99. The largest absolute Gasteiger partial charge is 0.0654 e. The Kier molecular flexibility index (Phi) is 11.1. The fraction of sp³-hybridized carbons (Fsp3) is 1.00. The molecule has 2 atom stereocenters. The number of rotatable bonds is 11. The summed E-state index contributed by atoms with van der Waals surface area (Å²) < 4.78 is 0. The quantitative estimate of drug-likeness (QED) is 0.364. The Labute approximate surface area is 111 Å². The van der Waals surface area contributed by atoms with Crippen molar-refractivity contribution in [1.82, 2.24) is 0 Å². The lowest BCUT2D eigenvalue weighted by molar-refractivity contribution is 0.353. The molecule has 2 unspecified atom stereocenters. The van der Waals surface area contributed by atoms with E-state index in [9.17, 15) is 0 Å². The van der Waals surface area contributed by atoms with Crippen molar-refractivity contribution in [3.05, 3.63) is 0 Å². The van der Waals surface area contributed by atoms with Crippen molar-refractivity contribution >= 4 is 0 Å². The molecule has 0 aromatic carbocycles. The average molecular weight is 240 g/mol. The highest BCUT2D eigenvalue weighted by molar-refractivity contribution is 4.61. The van der Waals surface area contributed by atoms with Crippen molar-refractivity contribution in [2.24, 2.45) is 17.8 Å². The van der Waals surface area contributed by atoms with Crippen LogP contribution >= 0.6 is 0 Å². The van der Waals surface area contributed by atoms with Crippen LogP contribution in [0, 0.1) is 17.8 Å². The summed E-state index contributed by atoms with van der Waals surface area (Å²) in [5, 5.41) is 0. The zero-order chi connectivity index (χ0) is 13.1. The molecule has 0 heteroatoms. The Hall–Kier alpha value is 0. The van der Waals surface area contributed by atoms with Crippen molar-refractivity contribution in [3.8, 4) is 0 Å². The van der Waals surface area contributed by atoms with E-state index < -0.39 is 0 Å². The molecule has 0 fully saturated rings. The minimum atomic E-state index is 0.878. The summed E-state index contributed by atoms with van der Waals surface area (Å²) in [5.74, 6) is 2.82. The van der Waals surface area contributed by atoms with Crippen molar-refractivity contribution in [3.63, 3.8) is 0 Å². The van der Waals surface area contributed by atoms with E-state index in [0.717, 1.165) is 17.8 Å². The van der Waals surface area contributed by atoms with E-state index in [1.165, 1.54) is 57.8 Å². The van der Waals surface area contributed by atoms with Gasteiger partial charge in [0.05, 0.1) is 0 Å². The zero-order valence-corrected chi connectivity index (χ0v) is 13.1. The van der Waals surface area contributed by atoms with Crippen LogP contribution in [-0.2, 0) is 0 Å². The van der Waals surface area contributed by atoms with Crippen molar-refractivity contribution in [1.29, 1.82) is 0 Å². The third-order valence-corrected chi connectivity index (χ3v) is 3.99. The van der Waals surface area contributed by atoms with E-state index in [1.54, 1.807) is 0 Å². The summed E-state index contributed by atoms with van der Waals surface area (Å²) in [6.45, 7) is 11.8. The number of unbranched alkanes of at least 4 members (excludes halogenated alkanes) is 2. The standard InChI is InChI=1S/C17H36/c1-6-8-11-16(5)12-9-10-13-17(7-2)14-15(3)4/h15-17H,6-14H2,1-5H3. The normalized spacial score (nSPS) is 15.2. The van der Waals surface area contributed by atoms with Crippen LogP contribution in [-0.4, -0.2) is 0 Å². The van der Waals surface area contributed by atoms with Crippen molar-refractivity contribution in [2.75, 3.05) is 0 Å². The van der Waals surface area contributed by atoms with Gasteiger partial charge in [0.25, 0.3) is 0 Å². The summed E-state index contributed by atoms with van der Waals surface area (Å²) in [5.41, 5.74) is 0. The molecule has 0 heterocycles. The van der Waals surface area contributed by atoms with E-state index in [2.05, 4.69) is 34.6 Å². The third kappa shape index (κ3) is 10.9. The maximum atomic E-state index is 2.43. The molecule has 0 aromatic rings. The molecule has 17 heavy (non-hydrogen) atoms. The second kappa shape index (κ2) is 11.1. The molecule has 0 N–H and O–H groups in total. The minimum absolute atomic E-state index is 0.878. The Bertz CT molecular complexity index is 148. The molecule has 0 aliphatic rings. The van der Waals surface area contributed by atoms with Gasteiger partial charge in [-0.3, -0.25) is 0 Å². The summed E-state index contributed by atoms with van der Waals surface area (Å²) >= 11 is 0. The molecule has 0 rings (SSSR count). The first-order valence-corrected chi connectivity index (χ1v) is 8.10. The topological polar surface area (TPSA) is 0 Å². The molecular weight excluding hydrogens is 204 g/mol. The van der Waals surface area contributed by atoms with Crippen LogP contribution < -0.4 is 0 Å². The SMILES string of the molecule is CCCCC(C)CCCCC(CC)CC(C)C. The summed E-state index contributed by atoms with van der Waals surface area (Å²) in [6.07, 6.45) is 12.9. The van der Waals surface area contributed by atoms with Crippen LogP contribution in [0.25, 0.3) is 0 Å². The van der Waals surface area contributed by atoms with Crippen molar-refractivity contribution in [2.45, 2.75) is 92.4 Å². The lowest BCUT2D eigenvalue weighted by Gasteiger charge is -2.17. The predicted octanol–water partition coefficient (Wildman–Crippen LogP) is 6.45. The molecule has 104 valence electrons. The Morgan fingerprint density at radius 1 is 0.765 bits per heavy atom. The summed E-state index contributed by atoms with van der Waals surface area (Å²) in [6, 6.07) is 0. The molecule has 0 aromatic heterocycles. The fourth-order valence-electron chi connectivity index (χ4n) is 2.78. The van der Waals surface area contributed by atoms with E-state index in [1.807, 2.05) is 0 Å². The van der Waals surface area contributed by atoms with E-state index in [-0.39, 0.29) is 0 Å². The van der Waals surface area contributed by atoms with Gasteiger partial charge in [0.1, 0.15) is 0 Å². The van der Waals surface area contributed by atoms with Gasteiger partial charge >= 0.3 is 0 Å². The number of hydrogen-bond donors (Lipinski definition) is 0. The van der Waals surface area contributed by atoms with Crippen LogP contribution in [0.2, 0.25) is 0 Å². The van der Waals surface area contributed by atoms with Gasteiger partial charge in [-0.05, 0) is 24.2 Å². The van der Waals surface area contributed by atoms with E-state index >= 15 is 0 Å². The molecule has 0 nitrogen and oxygen atoms in total. The minimum Gasteiger partial charge on any atom is -0.0654 e. The Morgan fingerprint density at radius 3 is 1.88 bits per heavy atom. The first-order chi connectivity index (χ1) is 8.10. The lowest BCUT2D eigenvalue weighted by atomic mass is 9.89. The smallest absolute Gasteiger partial charge is 0.0414 e. The predicted molar refractivity (Wildman–Crippen MR) is 80.4 cm³/mol. The summed E-state index contributed by atoms with van der Waals surface area (Å²) in [4.78, 5) is 0. The van der Waals surface area contributed by atoms with E-state index in [0.29, 0.717) is 0 Å². The molecule has 0 amide bonds. The Morgan fingerprint density at radius 2 is 1.35 bits per heavy atom. The highest BCUT2D eigenvalue weighted by Crippen LogP contribution is 2.23. The lowest BCUT2D eigenvalue weighted by Crippen LogP contribution is -2.04. The van der Waals surface area contributed by atoms with Crippen LogP contribution in [0.5, 0.6) is 0 Å². The highest BCUT2D eigenvalue weighted by Gasteiger charge is 2.09. The number of hydrogen-bond acceptors (Lipinski definition) is 0. The molecule has 0 spiro atoms. The van der Waals surface area contributed by atoms with Gasteiger partial charge in [-0.1, -0.05) is 86.0 Å². The molecule has 0 aliphatic carbocycles. The average Bonchev–Trinajstić information content (AvgIpc) is 2.29.